The molecule has 94 valence electrons. The van der Waals surface area contributed by atoms with Crippen LogP contribution in [0.2, 0.25) is 0 Å². The Morgan fingerprint density at radius 1 is 1.65 bits per heavy atom. The number of aromatic nitrogens is 1. The number of nitrogens with zero attached hydrogens (tertiary/aromatic N) is 1. The number of nitrogens with two attached hydrogens (primary N) is 1. The molecule has 1 aromatic heterocycles. The second-order valence-electron chi connectivity index (χ2n) is 4.69. The highest BCUT2D eigenvalue weighted by molar-refractivity contribution is 5.94. The Kier molecular flexibility index (Phi) is 3.38. The quantitative estimate of drug-likeness (QED) is 0.829. The number of rotatable bonds is 3. The third-order valence-corrected chi connectivity index (χ3v) is 2.92. The van der Waals surface area contributed by atoms with Crippen molar-refractivity contribution in [3.05, 3.63) is 18.0 Å². The molecule has 1 fully saturated rings. The van der Waals surface area contributed by atoms with Gasteiger partial charge in [-0.2, -0.15) is 0 Å². The van der Waals surface area contributed by atoms with E-state index in [0.29, 0.717) is 18.0 Å². The van der Waals surface area contributed by atoms with Crippen LogP contribution in [0, 0.1) is 0 Å². The third kappa shape index (κ3) is 2.61. The number of amides is 1. The molecule has 1 aliphatic heterocycles. The first-order valence-electron chi connectivity index (χ1n) is 5.94. The standard InChI is InChI=1S/C12H19N3O2/c1-8(2)15-6-9(13)5-11(15)12(16)14-10-3-4-17-7-10/h5-6,8,10H,3-4,7,13H2,1-2H3,(H,14,16). The van der Waals surface area contributed by atoms with Crippen LogP contribution in [-0.4, -0.2) is 29.7 Å². The summed E-state index contributed by atoms with van der Waals surface area (Å²) in [6.07, 6.45) is 2.67. The van der Waals surface area contributed by atoms with Gasteiger partial charge in [-0.05, 0) is 26.3 Å². The smallest absolute Gasteiger partial charge is 0.268 e. The van der Waals surface area contributed by atoms with E-state index in [0.717, 1.165) is 13.0 Å². The summed E-state index contributed by atoms with van der Waals surface area (Å²) in [5.74, 6) is -0.0779. The Balaban J connectivity index is 2.12. The molecule has 3 N–H and O–H groups in total. The molecule has 1 atom stereocenters. The fourth-order valence-corrected chi connectivity index (χ4v) is 2.02. The molecule has 0 aliphatic carbocycles. The molecule has 0 radical (unpaired) electrons. The van der Waals surface area contributed by atoms with Crippen LogP contribution in [0.15, 0.2) is 12.3 Å². The summed E-state index contributed by atoms with van der Waals surface area (Å²) < 4.78 is 7.12. The lowest BCUT2D eigenvalue weighted by atomic mass is 10.2. The normalized spacial score (nSPS) is 19.8. The average molecular weight is 237 g/mol. The van der Waals surface area contributed by atoms with Gasteiger partial charge in [-0.25, -0.2) is 0 Å². The summed E-state index contributed by atoms with van der Waals surface area (Å²) in [6.45, 7) is 5.37. The fourth-order valence-electron chi connectivity index (χ4n) is 2.02. The molecule has 1 amide bonds. The molecular weight excluding hydrogens is 218 g/mol. The lowest BCUT2D eigenvalue weighted by Crippen LogP contribution is -2.36. The largest absolute Gasteiger partial charge is 0.397 e. The Morgan fingerprint density at radius 2 is 2.41 bits per heavy atom. The molecule has 5 nitrogen and oxygen atoms in total. The van der Waals surface area contributed by atoms with E-state index in [1.165, 1.54) is 0 Å². The van der Waals surface area contributed by atoms with Crippen LogP contribution in [0.5, 0.6) is 0 Å². The lowest BCUT2D eigenvalue weighted by Gasteiger charge is -2.15. The first-order chi connectivity index (χ1) is 8.08. The van der Waals surface area contributed by atoms with Crippen molar-refractivity contribution in [3.8, 4) is 0 Å². The van der Waals surface area contributed by atoms with E-state index < -0.39 is 0 Å². The zero-order chi connectivity index (χ0) is 12.4. The van der Waals surface area contributed by atoms with Crippen LogP contribution in [-0.2, 0) is 4.74 Å². The predicted molar refractivity (Wildman–Crippen MR) is 65.9 cm³/mol. The van der Waals surface area contributed by atoms with Crippen molar-refractivity contribution in [1.82, 2.24) is 9.88 Å². The lowest BCUT2D eigenvalue weighted by molar-refractivity contribution is 0.0919. The van der Waals surface area contributed by atoms with Crippen molar-refractivity contribution in [2.45, 2.75) is 32.4 Å². The van der Waals surface area contributed by atoms with Gasteiger partial charge in [0, 0.05) is 18.8 Å². The maximum atomic E-state index is 12.1. The Bertz CT molecular complexity index is 406. The molecule has 5 heteroatoms. The van der Waals surface area contributed by atoms with Crippen LogP contribution in [0.25, 0.3) is 0 Å². The number of ether oxygens (including phenoxy) is 1. The minimum absolute atomic E-state index is 0.0779. The van der Waals surface area contributed by atoms with Crippen LogP contribution in [0.1, 0.15) is 36.8 Å². The van der Waals surface area contributed by atoms with Crippen molar-refractivity contribution in [2.24, 2.45) is 0 Å². The SMILES string of the molecule is CC(C)n1cc(N)cc1C(=O)NC1CCOC1. The van der Waals surface area contributed by atoms with Gasteiger partial charge in [0.25, 0.3) is 5.91 Å². The molecule has 1 saturated heterocycles. The van der Waals surface area contributed by atoms with Crippen molar-refractivity contribution in [2.75, 3.05) is 18.9 Å². The summed E-state index contributed by atoms with van der Waals surface area (Å²) in [4.78, 5) is 12.1. The van der Waals surface area contributed by atoms with Gasteiger partial charge in [-0.15, -0.1) is 0 Å². The van der Waals surface area contributed by atoms with Crippen LogP contribution < -0.4 is 11.1 Å². The highest BCUT2D eigenvalue weighted by atomic mass is 16.5. The van der Waals surface area contributed by atoms with Gasteiger partial charge in [0.05, 0.1) is 18.3 Å². The third-order valence-electron chi connectivity index (χ3n) is 2.92. The second-order valence-corrected chi connectivity index (χ2v) is 4.69. The maximum Gasteiger partial charge on any atom is 0.268 e. The van der Waals surface area contributed by atoms with Crippen molar-refractivity contribution in [3.63, 3.8) is 0 Å². The summed E-state index contributed by atoms with van der Waals surface area (Å²) in [6, 6.07) is 2.05. The van der Waals surface area contributed by atoms with Gasteiger partial charge in [-0.3, -0.25) is 4.79 Å². The Hall–Kier alpha value is -1.49. The number of carbonyl (C=O) groups excluding carboxylic acids is 1. The summed E-state index contributed by atoms with van der Waals surface area (Å²) in [7, 11) is 0. The highest BCUT2D eigenvalue weighted by Gasteiger charge is 2.21. The van der Waals surface area contributed by atoms with Gasteiger partial charge < -0.3 is 20.4 Å². The van der Waals surface area contributed by atoms with Gasteiger partial charge >= 0.3 is 0 Å². The maximum absolute atomic E-state index is 12.1. The van der Waals surface area contributed by atoms with E-state index in [-0.39, 0.29) is 18.0 Å². The topological polar surface area (TPSA) is 69.3 Å². The van der Waals surface area contributed by atoms with E-state index in [1.807, 2.05) is 18.4 Å². The van der Waals surface area contributed by atoms with Crippen LogP contribution in [0.3, 0.4) is 0 Å². The molecule has 1 unspecified atom stereocenters. The number of anilines is 1. The second kappa shape index (κ2) is 4.79. The number of nitrogen functional groups attached to an aromatic ring is 1. The van der Waals surface area contributed by atoms with E-state index >= 15 is 0 Å². The number of carbonyl (C=O) groups is 1. The monoisotopic (exact) mass is 237 g/mol. The summed E-state index contributed by atoms with van der Waals surface area (Å²) in [5, 5.41) is 2.96. The van der Waals surface area contributed by atoms with Gasteiger partial charge in [0.1, 0.15) is 5.69 Å². The molecule has 1 aromatic rings. The van der Waals surface area contributed by atoms with Gasteiger partial charge in [0.15, 0.2) is 0 Å². The highest BCUT2D eigenvalue weighted by Crippen LogP contribution is 2.17. The van der Waals surface area contributed by atoms with E-state index in [4.69, 9.17) is 10.5 Å². The van der Waals surface area contributed by atoms with E-state index in [2.05, 4.69) is 5.32 Å². The first kappa shape index (κ1) is 12.0. The molecule has 0 spiro atoms. The molecule has 0 saturated carbocycles. The number of hydrogen-bond acceptors (Lipinski definition) is 3. The van der Waals surface area contributed by atoms with Crippen LogP contribution in [0.4, 0.5) is 5.69 Å². The van der Waals surface area contributed by atoms with E-state index in [1.54, 1.807) is 12.3 Å². The Morgan fingerprint density at radius 3 is 3.00 bits per heavy atom. The van der Waals surface area contributed by atoms with Gasteiger partial charge in [0.2, 0.25) is 0 Å². The molecule has 1 aliphatic rings. The van der Waals surface area contributed by atoms with E-state index in [9.17, 15) is 4.79 Å². The molecule has 2 rings (SSSR count). The predicted octanol–water partition coefficient (Wildman–Crippen LogP) is 1.17. The van der Waals surface area contributed by atoms with Gasteiger partial charge in [-0.1, -0.05) is 0 Å². The summed E-state index contributed by atoms with van der Waals surface area (Å²) >= 11 is 0. The molecule has 0 aromatic carbocycles. The Labute approximate surface area is 101 Å². The first-order valence-corrected chi connectivity index (χ1v) is 5.94. The summed E-state index contributed by atoms with van der Waals surface area (Å²) in [5.41, 5.74) is 6.97. The van der Waals surface area contributed by atoms with Crippen molar-refractivity contribution < 1.29 is 9.53 Å². The fraction of sp³-hybridized carbons (Fsp3) is 0.583. The van der Waals surface area contributed by atoms with Crippen molar-refractivity contribution >= 4 is 11.6 Å². The molecular formula is C12H19N3O2. The molecule has 17 heavy (non-hydrogen) atoms. The van der Waals surface area contributed by atoms with Crippen LogP contribution >= 0.6 is 0 Å². The number of nitrogens with one attached hydrogen (secondary N) is 1. The van der Waals surface area contributed by atoms with Crippen molar-refractivity contribution in [1.29, 1.82) is 0 Å². The zero-order valence-electron chi connectivity index (χ0n) is 10.3. The minimum Gasteiger partial charge on any atom is -0.397 e. The zero-order valence-corrected chi connectivity index (χ0v) is 10.3. The minimum atomic E-state index is -0.0779. The molecule has 2 heterocycles. The number of hydrogen-bond donors (Lipinski definition) is 2. The average Bonchev–Trinajstić information content (AvgIpc) is 2.86. The molecule has 0 bridgehead atoms.